The summed E-state index contributed by atoms with van der Waals surface area (Å²) in [5.41, 5.74) is 3.79. The Morgan fingerprint density at radius 1 is 1.00 bits per heavy atom. The first-order chi connectivity index (χ1) is 15.3. The maximum absolute atomic E-state index is 13.3. The van der Waals surface area contributed by atoms with Crippen molar-refractivity contribution in [1.29, 1.82) is 0 Å². The van der Waals surface area contributed by atoms with Crippen LogP contribution in [0.25, 0.3) is 0 Å². The molecule has 2 aromatic carbocycles. The molecule has 0 atom stereocenters. The second-order valence-electron chi connectivity index (χ2n) is 7.74. The molecule has 168 valence electrons. The lowest BCUT2D eigenvalue weighted by Gasteiger charge is -2.35. The molecule has 1 aromatic heterocycles. The third-order valence-corrected chi connectivity index (χ3v) is 8.85. The molecule has 6 nitrogen and oxygen atoms in total. The van der Waals surface area contributed by atoms with Gasteiger partial charge in [-0.15, -0.1) is 11.3 Å². The van der Waals surface area contributed by atoms with Crippen LogP contribution in [0.15, 0.2) is 58.8 Å². The number of piperazine rings is 1. The summed E-state index contributed by atoms with van der Waals surface area (Å²) < 4.78 is 28.1. The normalized spacial score (nSPS) is 15.0. The molecule has 0 aliphatic carbocycles. The van der Waals surface area contributed by atoms with Crippen molar-refractivity contribution in [3.63, 3.8) is 0 Å². The van der Waals surface area contributed by atoms with Gasteiger partial charge in [-0.05, 0) is 66.8 Å². The van der Waals surface area contributed by atoms with Crippen LogP contribution < -0.4 is 10.2 Å². The summed E-state index contributed by atoms with van der Waals surface area (Å²) in [6.07, 6.45) is 0. The summed E-state index contributed by atoms with van der Waals surface area (Å²) in [6, 6.07) is 14.7. The standard InChI is InChI=1S/C23H24ClN3O3S2/c1-16-6-7-19(14-17(16)2)25-23(28)22-21(8-13-31-22)32(29,30)27-11-9-26(10-12-27)20-5-3-4-18(24)15-20/h3-8,13-15H,9-12H2,1-2H3,(H,25,28). The van der Waals surface area contributed by atoms with Gasteiger partial charge in [-0.25, -0.2) is 8.42 Å². The van der Waals surface area contributed by atoms with Crippen LogP contribution in [0.2, 0.25) is 5.02 Å². The number of rotatable bonds is 5. The minimum Gasteiger partial charge on any atom is -0.369 e. The first kappa shape index (κ1) is 22.8. The Morgan fingerprint density at radius 2 is 1.75 bits per heavy atom. The summed E-state index contributed by atoms with van der Waals surface area (Å²) in [6.45, 7) is 5.74. The lowest BCUT2D eigenvalue weighted by Crippen LogP contribution is -2.48. The molecule has 0 unspecified atom stereocenters. The Hall–Kier alpha value is -2.39. The van der Waals surface area contributed by atoms with E-state index in [1.807, 2.05) is 56.3 Å². The molecule has 1 N–H and O–H groups in total. The van der Waals surface area contributed by atoms with E-state index in [1.54, 1.807) is 5.38 Å². The van der Waals surface area contributed by atoms with Crippen LogP contribution in [0, 0.1) is 13.8 Å². The van der Waals surface area contributed by atoms with E-state index < -0.39 is 15.9 Å². The number of hydrogen-bond acceptors (Lipinski definition) is 5. The molecule has 1 aliphatic heterocycles. The Balaban J connectivity index is 1.49. The molecular formula is C23H24ClN3O3S2. The molecule has 0 spiro atoms. The SMILES string of the molecule is Cc1ccc(NC(=O)c2sccc2S(=O)(=O)N2CCN(c3cccc(Cl)c3)CC2)cc1C. The highest BCUT2D eigenvalue weighted by atomic mass is 35.5. The number of carbonyl (C=O) groups excluding carboxylic acids is 1. The average molecular weight is 490 g/mol. The van der Waals surface area contributed by atoms with E-state index in [0.29, 0.717) is 36.9 Å². The molecule has 0 saturated carbocycles. The Bertz CT molecular complexity index is 1250. The highest BCUT2D eigenvalue weighted by Crippen LogP contribution is 2.28. The van der Waals surface area contributed by atoms with Crippen molar-refractivity contribution >= 4 is 50.2 Å². The molecule has 1 saturated heterocycles. The molecule has 1 amide bonds. The zero-order valence-corrected chi connectivity index (χ0v) is 20.2. The number of anilines is 2. The van der Waals surface area contributed by atoms with E-state index in [-0.39, 0.29) is 9.77 Å². The number of amides is 1. The summed E-state index contributed by atoms with van der Waals surface area (Å²) in [7, 11) is -3.79. The van der Waals surface area contributed by atoms with E-state index in [9.17, 15) is 13.2 Å². The highest BCUT2D eigenvalue weighted by molar-refractivity contribution is 7.89. The smallest absolute Gasteiger partial charge is 0.267 e. The number of hydrogen-bond donors (Lipinski definition) is 1. The molecule has 32 heavy (non-hydrogen) atoms. The fourth-order valence-corrected chi connectivity index (χ4v) is 6.57. The van der Waals surface area contributed by atoms with E-state index in [4.69, 9.17) is 11.6 Å². The van der Waals surface area contributed by atoms with Gasteiger partial charge in [0.2, 0.25) is 10.0 Å². The van der Waals surface area contributed by atoms with Crippen molar-refractivity contribution in [2.75, 3.05) is 36.4 Å². The number of benzene rings is 2. The van der Waals surface area contributed by atoms with Gasteiger partial charge in [-0.2, -0.15) is 4.31 Å². The van der Waals surface area contributed by atoms with Crippen molar-refractivity contribution in [2.45, 2.75) is 18.7 Å². The first-order valence-corrected chi connectivity index (χ1v) is 12.9. The summed E-state index contributed by atoms with van der Waals surface area (Å²) in [5.74, 6) is -0.417. The maximum atomic E-state index is 13.3. The van der Waals surface area contributed by atoms with Crippen LogP contribution in [0.1, 0.15) is 20.8 Å². The van der Waals surface area contributed by atoms with Crippen LogP contribution in [0.3, 0.4) is 0 Å². The molecule has 2 heterocycles. The van der Waals surface area contributed by atoms with Gasteiger partial charge in [0.15, 0.2) is 0 Å². The molecule has 1 fully saturated rings. The fourth-order valence-electron chi connectivity index (χ4n) is 3.67. The average Bonchev–Trinajstić information content (AvgIpc) is 3.28. The predicted molar refractivity (Wildman–Crippen MR) is 131 cm³/mol. The molecule has 0 radical (unpaired) electrons. The first-order valence-electron chi connectivity index (χ1n) is 10.2. The second kappa shape index (κ2) is 9.23. The van der Waals surface area contributed by atoms with Crippen LogP contribution in [-0.4, -0.2) is 44.8 Å². The molecule has 0 bridgehead atoms. The van der Waals surface area contributed by atoms with Gasteiger partial charge in [0, 0.05) is 42.6 Å². The van der Waals surface area contributed by atoms with Crippen LogP contribution in [0.5, 0.6) is 0 Å². The third kappa shape index (κ3) is 4.68. The number of aryl methyl sites for hydroxylation is 2. The van der Waals surface area contributed by atoms with Gasteiger partial charge in [0.25, 0.3) is 5.91 Å². The number of nitrogens with zero attached hydrogens (tertiary/aromatic N) is 2. The highest BCUT2D eigenvalue weighted by Gasteiger charge is 2.32. The van der Waals surface area contributed by atoms with Crippen molar-refractivity contribution in [1.82, 2.24) is 4.31 Å². The van der Waals surface area contributed by atoms with Gasteiger partial charge >= 0.3 is 0 Å². The van der Waals surface area contributed by atoms with E-state index >= 15 is 0 Å². The van der Waals surface area contributed by atoms with Crippen molar-refractivity contribution < 1.29 is 13.2 Å². The Kier molecular flexibility index (Phi) is 6.57. The second-order valence-corrected chi connectivity index (χ2v) is 11.0. The molecule has 9 heteroatoms. The zero-order chi connectivity index (χ0) is 22.9. The minimum atomic E-state index is -3.79. The summed E-state index contributed by atoms with van der Waals surface area (Å²) >= 11 is 7.22. The molecule has 3 aromatic rings. The number of carbonyl (C=O) groups is 1. The Labute approximate surface area is 197 Å². The van der Waals surface area contributed by atoms with E-state index in [2.05, 4.69) is 10.2 Å². The largest absolute Gasteiger partial charge is 0.369 e. The predicted octanol–water partition coefficient (Wildman–Crippen LogP) is 4.78. The number of nitrogens with one attached hydrogen (secondary N) is 1. The lowest BCUT2D eigenvalue weighted by molar-refractivity contribution is 0.102. The topological polar surface area (TPSA) is 69.7 Å². The molecule has 4 rings (SSSR count). The quantitative estimate of drug-likeness (QED) is 0.560. The van der Waals surface area contributed by atoms with E-state index in [1.165, 1.54) is 10.4 Å². The number of thiophene rings is 1. The molecular weight excluding hydrogens is 466 g/mol. The Morgan fingerprint density at radius 3 is 2.44 bits per heavy atom. The van der Waals surface area contributed by atoms with Crippen LogP contribution in [-0.2, 0) is 10.0 Å². The number of sulfonamides is 1. The third-order valence-electron chi connectivity index (χ3n) is 5.63. The van der Waals surface area contributed by atoms with Crippen molar-refractivity contribution in [3.05, 3.63) is 74.9 Å². The fraction of sp³-hybridized carbons (Fsp3) is 0.261. The van der Waals surface area contributed by atoms with Gasteiger partial charge in [-0.3, -0.25) is 4.79 Å². The van der Waals surface area contributed by atoms with Gasteiger partial charge in [-0.1, -0.05) is 23.7 Å². The van der Waals surface area contributed by atoms with Gasteiger partial charge < -0.3 is 10.2 Å². The molecule has 1 aliphatic rings. The summed E-state index contributed by atoms with van der Waals surface area (Å²) in [4.78, 5) is 15.2. The van der Waals surface area contributed by atoms with Crippen LogP contribution >= 0.6 is 22.9 Å². The number of halogens is 1. The van der Waals surface area contributed by atoms with Gasteiger partial charge in [0.1, 0.15) is 9.77 Å². The van der Waals surface area contributed by atoms with Crippen LogP contribution in [0.4, 0.5) is 11.4 Å². The van der Waals surface area contributed by atoms with Gasteiger partial charge in [0.05, 0.1) is 0 Å². The minimum absolute atomic E-state index is 0.0556. The van der Waals surface area contributed by atoms with Crippen molar-refractivity contribution in [3.8, 4) is 0 Å². The monoisotopic (exact) mass is 489 g/mol. The summed E-state index contributed by atoms with van der Waals surface area (Å²) in [5, 5.41) is 5.12. The van der Waals surface area contributed by atoms with Crippen molar-refractivity contribution in [2.24, 2.45) is 0 Å². The lowest BCUT2D eigenvalue weighted by atomic mass is 10.1. The van der Waals surface area contributed by atoms with E-state index in [0.717, 1.165) is 28.2 Å². The zero-order valence-electron chi connectivity index (χ0n) is 17.8. The maximum Gasteiger partial charge on any atom is 0.267 e.